The number of anilines is 1. The number of alkyl halides is 5. The summed E-state index contributed by atoms with van der Waals surface area (Å²) in [6.45, 7) is 4.67. The highest BCUT2D eigenvalue weighted by Gasteiger charge is 2.31. The van der Waals surface area contributed by atoms with Crippen molar-refractivity contribution in [1.29, 1.82) is 0 Å². The number of rotatable bonds is 9. The summed E-state index contributed by atoms with van der Waals surface area (Å²) in [6, 6.07) is 15.4. The lowest BCUT2D eigenvalue weighted by Crippen LogP contribution is -2.34. The molecule has 2 heterocycles. The summed E-state index contributed by atoms with van der Waals surface area (Å²) in [7, 11) is 1.56. The van der Waals surface area contributed by atoms with Crippen LogP contribution in [0.25, 0.3) is 17.1 Å². The molecule has 2 amide bonds. The summed E-state index contributed by atoms with van der Waals surface area (Å²) in [5.74, 6) is 1.36. The second-order valence-corrected chi connectivity index (χ2v) is 11.5. The molecule has 1 aliphatic rings. The van der Waals surface area contributed by atoms with Crippen LogP contribution in [0.15, 0.2) is 78.0 Å². The fourth-order valence-corrected chi connectivity index (χ4v) is 5.66. The van der Waals surface area contributed by atoms with Crippen LogP contribution in [0.2, 0.25) is 0 Å². The predicted octanol–water partition coefficient (Wildman–Crippen LogP) is 7.59. The van der Waals surface area contributed by atoms with Gasteiger partial charge in [0.2, 0.25) is 6.30 Å². The van der Waals surface area contributed by atoms with E-state index in [0.29, 0.717) is 34.5 Å². The number of hydrogen-bond acceptors (Lipinski definition) is 6. The number of aliphatic imine (C=N–C) groups is 1. The van der Waals surface area contributed by atoms with Gasteiger partial charge in [0.15, 0.2) is 17.2 Å². The molecule has 242 valence electrons. The topological polar surface area (TPSA) is 93.9 Å². The fourth-order valence-electron chi connectivity index (χ4n) is 4.71. The molecule has 1 fully saturated rings. The van der Waals surface area contributed by atoms with Gasteiger partial charge in [-0.05, 0) is 47.4 Å². The molecule has 46 heavy (non-hydrogen) atoms. The molecule has 2 atom stereocenters. The Bertz CT molecular complexity index is 1700. The molecular formula is C31H29F5N6O3S. The van der Waals surface area contributed by atoms with Crippen molar-refractivity contribution in [3.05, 3.63) is 84.2 Å². The third-order valence-corrected chi connectivity index (χ3v) is 7.91. The number of amidine groups is 1. The Balaban J connectivity index is 1.22. The molecule has 0 radical (unpaired) electrons. The van der Waals surface area contributed by atoms with Crippen LogP contribution in [0.4, 0.5) is 32.4 Å². The standard InChI is InChI=1S/C31H29F5N6O3S/c1-18(2)24-13-12-23(44-3)16-25(24)41-14-15-46-30(41)39-29(43)38-27(33)26(32)19-4-6-20(7-5-19)28-37-17-42(40-28)21-8-10-22(11-9-21)45-31(34,35)36/h4-13,16-18,26-27H,14-15H2,1-3H3,(H,38,43)/b39-30-. The highest BCUT2D eigenvalue weighted by molar-refractivity contribution is 8.14. The third kappa shape index (κ3) is 7.76. The first-order chi connectivity index (χ1) is 21.9. The molecular weight excluding hydrogens is 631 g/mol. The number of thioether (sulfide) groups is 1. The maximum atomic E-state index is 15.1. The molecule has 5 rings (SSSR count). The van der Waals surface area contributed by atoms with Gasteiger partial charge in [-0.15, -0.1) is 18.3 Å². The number of halogens is 5. The van der Waals surface area contributed by atoms with Crippen molar-refractivity contribution < 1.29 is 36.2 Å². The molecule has 3 aromatic carbocycles. The first kappa shape index (κ1) is 32.7. The van der Waals surface area contributed by atoms with Crippen LogP contribution in [-0.2, 0) is 0 Å². The lowest BCUT2D eigenvalue weighted by molar-refractivity contribution is -0.274. The van der Waals surface area contributed by atoms with Crippen molar-refractivity contribution in [2.24, 2.45) is 4.99 Å². The zero-order valence-electron chi connectivity index (χ0n) is 24.8. The molecule has 0 saturated carbocycles. The molecule has 2 unspecified atom stereocenters. The maximum Gasteiger partial charge on any atom is 0.573 e. The Morgan fingerprint density at radius 3 is 2.37 bits per heavy atom. The van der Waals surface area contributed by atoms with Gasteiger partial charge in [0.25, 0.3) is 0 Å². The number of nitrogens with zero attached hydrogens (tertiary/aromatic N) is 5. The average Bonchev–Trinajstić information content (AvgIpc) is 3.70. The van der Waals surface area contributed by atoms with Crippen LogP contribution in [0, 0.1) is 0 Å². The van der Waals surface area contributed by atoms with Crippen molar-refractivity contribution in [2.75, 3.05) is 24.3 Å². The molecule has 0 spiro atoms. The van der Waals surface area contributed by atoms with Crippen LogP contribution in [0.5, 0.6) is 11.5 Å². The van der Waals surface area contributed by atoms with Gasteiger partial charge in [-0.1, -0.05) is 55.9 Å². The van der Waals surface area contributed by atoms with Gasteiger partial charge in [-0.3, -0.25) is 0 Å². The third-order valence-electron chi connectivity index (χ3n) is 6.96. The number of carbonyl (C=O) groups excluding carboxylic acids is 1. The Morgan fingerprint density at radius 1 is 1.02 bits per heavy atom. The highest BCUT2D eigenvalue weighted by atomic mass is 32.2. The lowest BCUT2D eigenvalue weighted by Gasteiger charge is -2.24. The number of amides is 2. The van der Waals surface area contributed by atoms with Crippen molar-refractivity contribution in [1.82, 2.24) is 20.1 Å². The summed E-state index contributed by atoms with van der Waals surface area (Å²) in [5.41, 5.74) is 2.74. The second kappa shape index (κ2) is 13.8. The zero-order chi connectivity index (χ0) is 33.0. The van der Waals surface area contributed by atoms with E-state index in [0.717, 1.165) is 23.4 Å². The maximum absolute atomic E-state index is 15.1. The van der Waals surface area contributed by atoms with E-state index in [1.54, 1.807) is 7.11 Å². The minimum atomic E-state index is -4.80. The van der Waals surface area contributed by atoms with E-state index in [4.69, 9.17) is 4.74 Å². The van der Waals surface area contributed by atoms with Crippen LogP contribution in [0.3, 0.4) is 0 Å². The number of methoxy groups -OCH3 is 1. The average molecular weight is 661 g/mol. The van der Waals surface area contributed by atoms with Crippen molar-refractivity contribution in [3.63, 3.8) is 0 Å². The molecule has 0 aliphatic carbocycles. The minimum Gasteiger partial charge on any atom is -0.497 e. The molecule has 15 heteroatoms. The second-order valence-electron chi connectivity index (χ2n) is 10.4. The number of nitrogens with one attached hydrogen (secondary N) is 1. The normalized spacial score (nSPS) is 15.7. The van der Waals surface area contributed by atoms with Gasteiger partial charge in [-0.2, -0.15) is 4.99 Å². The monoisotopic (exact) mass is 660 g/mol. The van der Waals surface area contributed by atoms with Crippen LogP contribution in [0.1, 0.15) is 37.1 Å². The van der Waals surface area contributed by atoms with E-state index in [1.165, 1.54) is 59.2 Å². The molecule has 1 aromatic heterocycles. The molecule has 1 saturated heterocycles. The van der Waals surface area contributed by atoms with E-state index in [9.17, 15) is 22.4 Å². The van der Waals surface area contributed by atoms with Crippen LogP contribution in [-0.4, -0.2) is 58.0 Å². The Kier molecular flexibility index (Phi) is 9.79. The van der Waals surface area contributed by atoms with Crippen molar-refractivity contribution in [2.45, 2.75) is 38.6 Å². The van der Waals surface area contributed by atoms with Crippen molar-refractivity contribution in [3.8, 4) is 28.6 Å². The smallest absolute Gasteiger partial charge is 0.497 e. The van der Waals surface area contributed by atoms with E-state index in [2.05, 4.69) is 19.8 Å². The number of benzene rings is 3. The summed E-state index contributed by atoms with van der Waals surface area (Å²) in [5, 5.41) is 6.66. The van der Waals surface area contributed by atoms with Gasteiger partial charge >= 0.3 is 12.4 Å². The molecule has 0 bridgehead atoms. The number of ether oxygens (including phenoxy) is 2. The quantitative estimate of drug-likeness (QED) is 0.146. The molecule has 1 N–H and O–H groups in total. The van der Waals surface area contributed by atoms with E-state index < -0.39 is 24.9 Å². The van der Waals surface area contributed by atoms with E-state index >= 15 is 4.39 Å². The van der Waals surface area contributed by atoms with E-state index in [1.807, 2.05) is 42.3 Å². The van der Waals surface area contributed by atoms with Crippen LogP contribution >= 0.6 is 11.8 Å². The number of carbonyl (C=O) groups is 1. The minimum absolute atomic E-state index is 0.0290. The SMILES string of the molecule is COc1ccc(C(C)C)c(N2CCS/C2=N\C(=O)NC(F)C(F)c2ccc(-c3ncn(-c4ccc(OC(F)(F)F)cc4)n3)cc2)c1. The summed E-state index contributed by atoms with van der Waals surface area (Å²) < 4.78 is 77.8. The summed E-state index contributed by atoms with van der Waals surface area (Å²) in [4.78, 5) is 22.7. The van der Waals surface area contributed by atoms with Gasteiger partial charge in [0.05, 0.1) is 12.8 Å². The van der Waals surface area contributed by atoms with Crippen molar-refractivity contribution >= 4 is 28.6 Å². The number of aromatic nitrogens is 3. The summed E-state index contributed by atoms with van der Waals surface area (Å²) >= 11 is 1.34. The predicted molar refractivity (Wildman–Crippen MR) is 165 cm³/mol. The number of urea groups is 1. The van der Waals surface area contributed by atoms with Gasteiger partial charge in [0.1, 0.15) is 17.8 Å². The fraction of sp³-hybridized carbons (Fsp3) is 0.290. The largest absolute Gasteiger partial charge is 0.573 e. The Labute approximate surface area is 265 Å². The first-order valence-electron chi connectivity index (χ1n) is 14.1. The lowest BCUT2D eigenvalue weighted by atomic mass is 10.00. The molecule has 9 nitrogen and oxygen atoms in total. The first-order valence-corrected chi connectivity index (χ1v) is 15.0. The Morgan fingerprint density at radius 2 is 1.72 bits per heavy atom. The van der Waals surface area contributed by atoms with Gasteiger partial charge < -0.3 is 19.7 Å². The zero-order valence-corrected chi connectivity index (χ0v) is 25.6. The summed E-state index contributed by atoms with van der Waals surface area (Å²) in [6.07, 6.45) is -8.00. The van der Waals surface area contributed by atoms with Gasteiger partial charge in [0, 0.05) is 29.6 Å². The van der Waals surface area contributed by atoms with E-state index in [-0.39, 0.29) is 23.1 Å². The Hall–Kier alpha value is -4.66. The highest BCUT2D eigenvalue weighted by Crippen LogP contribution is 2.35. The van der Waals surface area contributed by atoms with Gasteiger partial charge in [-0.25, -0.2) is 23.2 Å². The number of hydrogen-bond donors (Lipinski definition) is 1. The molecule has 4 aromatic rings. The molecule has 1 aliphatic heterocycles. The van der Waals surface area contributed by atoms with Crippen LogP contribution < -0.4 is 19.7 Å².